The number of benzene rings is 1. The van der Waals surface area contributed by atoms with Crippen molar-refractivity contribution in [3.05, 3.63) is 29.8 Å². The lowest BCUT2D eigenvalue weighted by Crippen LogP contribution is -2.49. The van der Waals surface area contributed by atoms with Gasteiger partial charge in [-0.05, 0) is 23.1 Å². The standard InChI is InChI=1S/C21H36N2O4/c1-21(2,3)18-4-6-20(7-5-18)27-15-14-26-17-19(25)16-23-10-8-22(9-11-23)12-13-24/h4-7,19,24-25H,8-17H2,1-3H3. The molecule has 1 aromatic rings. The van der Waals surface area contributed by atoms with E-state index < -0.39 is 6.10 Å². The number of aliphatic hydroxyl groups is 2. The second-order valence-corrected chi connectivity index (χ2v) is 8.22. The molecule has 6 nitrogen and oxygen atoms in total. The van der Waals surface area contributed by atoms with E-state index in [-0.39, 0.29) is 12.0 Å². The van der Waals surface area contributed by atoms with E-state index in [4.69, 9.17) is 14.6 Å². The van der Waals surface area contributed by atoms with Gasteiger partial charge in [0.15, 0.2) is 0 Å². The molecule has 154 valence electrons. The normalized spacial score (nSPS) is 17.8. The van der Waals surface area contributed by atoms with Crippen LogP contribution in [0.3, 0.4) is 0 Å². The van der Waals surface area contributed by atoms with Crippen molar-refractivity contribution in [1.29, 1.82) is 0 Å². The van der Waals surface area contributed by atoms with Crippen molar-refractivity contribution >= 4 is 0 Å². The second-order valence-electron chi connectivity index (χ2n) is 8.22. The van der Waals surface area contributed by atoms with E-state index >= 15 is 0 Å². The summed E-state index contributed by atoms with van der Waals surface area (Å²) in [5.74, 6) is 0.841. The molecule has 0 amide bonds. The van der Waals surface area contributed by atoms with E-state index in [0.29, 0.717) is 26.4 Å². The Morgan fingerprint density at radius 3 is 2.22 bits per heavy atom. The highest BCUT2D eigenvalue weighted by atomic mass is 16.5. The first kappa shape index (κ1) is 22.1. The number of ether oxygens (including phenoxy) is 2. The number of nitrogens with zero attached hydrogens (tertiary/aromatic N) is 2. The van der Waals surface area contributed by atoms with Crippen molar-refractivity contribution in [2.75, 3.05) is 65.7 Å². The van der Waals surface area contributed by atoms with Crippen molar-refractivity contribution < 1.29 is 19.7 Å². The van der Waals surface area contributed by atoms with Crippen molar-refractivity contribution in [2.24, 2.45) is 0 Å². The zero-order valence-corrected chi connectivity index (χ0v) is 17.1. The van der Waals surface area contributed by atoms with E-state index in [1.807, 2.05) is 12.1 Å². The topological polar surface area (TPSA) is 65.4 Å². The van der Waals surface area contributed by atoms with E-state index in [1.54, 1.807) is 0 Å². The third-order valence-electron chi connectivity index (χ3n) is 4.88. The highest BCUT2D eigenvalue weighted by Crippen LogP contribution is 2.24. The summed E-state index contributed by atoms with van der Waals surface area (Å²) in [4.78, 5) is 4.49. The second kappa shape index (κ2) is 11.0. The van der Waals surface area contributed by atoms with Crippen LogP contribution in [0, 0.1) is 0 Å². The highest BCUT2D eigenvalue weighted by Gasteiger charge is 2.18. The molecular formula is C21H36N2O4. The molecule has 0 bridgehead atoms. The van der Waals surface area contributed by atoms with Gasteiger partial charge < -0.3 is 19.7 Å². The van der Waals surface area contributed by atoms with Crippen LogP contribution >= 0.6 is 0 Å². The summed E-state index contributed by atoms with van der Waals surface area (Å²) in [7, 11) is 0. The zero-order chi connectivity index (χ0) is 19.7. The molecule has 0 saturated carbocycles. The molecule has 1 atom stereocenters. The van der Waals surface area contributed by atoms with Gasteiger partial charge in [0.1, 0.15) is 12.4 Å². The average molecular weight is 381 g/mol. The lowest BCUT2D eigenvalue weighted by atomic mass is 9.87. The van der Waals surface area contributed by atoms with Gasteiger partial charge in [-0.25, -0.2) is 0 Å². The van der Waals surface area contributed by atoms with Crippen molar-refractivity contribution in [3.63, 3.8) is 0 Å². The van der Waals surface area contributed by atoms with Crippen molar-refractivity contribution in [2.45, 2.75) is 32.3 Å². The van der Waals surface area contributed by atoms with Crippen LogP contribution in [0.1, 0.15) is 26.3 Å². The fraction of sp³-hybridized carbons (Fsp3) is 0.714. The molecule has 1 unspecified atom stereocenters. The van der Waals surface area contributed by atoms with Gasteiger partial charge in [0.2, 0.25) is 0 Å². The molecule has 6 heteroatoms. The van der Waals surface area contributed by atoms with Gasteiger partial charge in [-0.2, -0.15) is 0 Å². The number of β-amino-alcohol motifs (C(OH)–C–C–N with tert-alkyl or cyclic N) is 2. The molecule has 27 heavy (non-hydrogen) atoms. The van der Waals surface area contributed by atoms with Gasteiger partial charge in [-0.15, -0.1) is 0 Å². The Hall–Kier alpha value is -1.18. The molecular weight excluding hydrogens is 344 g/mol. The number of piperazine rings is 1. The summed E-state index contributed by atoms with van der Waals surface area (Å²) in [6.07, 6.45) is -0.486. The Morgan fingerprint density at radius 1 is 1.00 bits per heavy atom. The van der Waals surface area contributed by atoms with Gasteiger partial charge in [-0.3, -0.25) is 9.80 Å². The summed E-state index contributed by atoms with van der Waals surface area (Å²) in [6.45, 7) is 13.1. The van der Waals surface area contributed by atoms with Gasteiger partial charge >= 0.3 is 0 Å². The first-order valence-corrected chi connectivity index (χ1v) is 9.93. The number of aliphatic hydroxyl groups excluding tert-OH is 2. The van der Waals surface area contributed by atoms with Gasteiger partial charge in [0.25, 0.3) is 0 Å². The van der Waals surface area contributed by atoms with Gasteiger partial charge in [0, 0.05) is 39.3 Å². The molecule has 0 radical (unpaired) electrons. The maximum Gasteiger partial charge on any atom is 0.119 e. The minimum atomic E-state index is -0.486. The predicted molar refractivity (Wildman–Crippen MR) is 107 cm³/mol. The Kier molecular flexibility index (Phi) is 8.99. The lowest BCUT2D eigenvalue weighted by molar-refractivity contribution is -0.000764. The van der Waals surface area contributed by atoms with Crippen molar-refractivity contribution in [1.82, 2.24) is 9.80 Å². The SMILES string of the molecule is CC(C)(C)c1ccc(OCCOCC(O)CN2CCN(CCO)CC2)cc1. The molecule has 2 rings (SSSR count). The summed E-state index contributed by atoms with van der Waals surface area (Å²) in [6, 6.07) is 8.18. The Bertz CT molecular complexity index is 522. The first-order chi connectivity index (χ1) is 12.9. The summed E-state index contributed by atoms with van der Waals surface area (Å²) in [5.41, 5.74) is 1.43. The van der Waals surface area contributed by atoms with Crippen LogP contribution in [0.25, 0.3) is 0 Å². The zero-order valence-electron chi connectivity index (χ0n) is 17.1. The summed E-state index contributed by atoms with van der Waals surface area (Å²) in [5, 5.41) is 19.1. The molecule has 0 spiro atoms. The average Bonchev–Trinajstić information content (AvgIpc) is 2.63. The van der Waals surface area contributed by atoms with Gasteiger partial charge in [0.05, 0.1) is 25.9 Å². The van der Waals surface area contributed by atoms with Crippen LogP contribution < -0.4 is 4.74 Å². The molecule has 2 N–H and O–H groups in total. The monoisotopic (exact) mass is 380 g/mol. The minimum Gasteiger partial charge on any atom is -0.491 e. The third kappa shape index (κ3) is 8.15. The first-order valence-electron chi connectivity index (χ1n) is 9.93. The van der Waals surface area contributed by atoms with E-state index in [9.17, 15) is 5.11 Å². The van der Waals surface area contributed by atoms with E-state index in [0.717, 1.165) is 38.5 Å². The Labute approximate surface area is 163 Å². The fourth-order valence-electron chi connectivity index (χ4n) is 3.18. The quantitative estimate of drug-likeness (QED) is 0.598. The van der Waals surface area contributed by atoms with Crippen LogP contribution in [0.2, 0.25) is 0 Å². The molecule has 1 aromatic carbocycles. The third-order valence-corrected chi connectivity index (χ3v) is 4.88. The van der Waals surface area contributed by atoms with Crippen molar-refractivity contribution in [3.8, 4) is 5.75 Å². The summed E-state index contributed by atoms with van der Waals surface area (Å²) >= 11 is 0. The van der Waals surface area contributed by atoms with Crippen LogP contribution in [-0.2, 0) is 10.2 Å². The lowest BCUT2D eigenvalue weighted by Gasteiger charge is -2.35. The van der Waals surface area contributed by atoms with E-state index in [2.05, 4.69) is 42.7 Å². The van der Waals surface area contributed by atoms with Crippen LogP contribution in [0.4, 0.5) is 0 Å². The molecule has 1 saturated heterocycles. The number of hydrogen-bond donors (Lipinski definition) is 2. The molecule has 1 fully saturated rings. The fourth-order valence-corrected chi connectivity index (χ4v) is 3.18. The number of rotatable bonds is 10. The molecule has 1 aliphatic heterocycles. The molecule has 1 heterocycles. The smallest absolute Gasteiger partial charge is 0.119 e. The van der Waals surface area contributed by atoms with Crippen LogP contribution in [0.5, 0.6) is 5.75 Å². The Morgan fingerprint density at radius 2 is 1.63 bits per heavy atom. The maximum atomic E-state index is 10.1. The molecule has 0 aromatic heterocycles. The molecule has 0 aliphatic carbocycles. The maximum absolute atomic E-state index is 10.1. The molecule has 1 aliphatic rings. The largest absolute Gasteiger partial charge is 0.491 e. The minimum absolute atomic E-state index is 0.142. The van der Waals surface area contributed by atoms with Crippen LogP contribution in [-0.4, -0.2) is 91.8 Å². The van der Waals surface area contributed by atoms with E-state index in [1.165, 1.54) is 5.56 Å². The Balaban J connectivity index is 1.55. The van der Waals surface area contributed by atoms with Gasteiger partial charge in [-0.1, -0.05) is 32.9 Å². The predicted octanol–water partition coefficient (Wildman–Crippen LogP) is 1.35. The number of hydrogen-bond acceptors (Lipinski definition) is 6. The highest BCUT2D eigenvalue weighted by molar-refractivity contribution is 5.31. The van der Waals surface area contributed by atoms with Crippen LogP contribution in [0.15, 0.2) is 24.3 Å². The summed E-state index contributed by atoms with van der Waals surface area (Å²) < 4.78 is 11.2.